The smallest absolute Gasteiger partial charge is 0.307 e. The van der Waals surface area contributed by atoms with Crippen molar-refractivity contribution in [3.05, 3.63) is 23.0 Å². The zero-order chi connectivity index (χ0) is 13.7. The molecule has 0 spiro atoms. The van der Waals surface area contributed by atoms with Gasteiger partial charge in [-0.1, -0.05) is 11.6 Å². The first kappa shape index (κ1) is 14.6. The number of aryl methyl sites for hydroxylation is 1. The van der Waals surface area contributed by atoms with Crippen molar-refractivity contribution in [1.82, 2.24) is 9.47 Å². The molecule has 0 saturated carbocycles. The molecule has 0 aliphatic heterocycles. The highest BCUT2D eigenvalue weighted by molar-refractivity contribution is 6.31. The van der Waals surface area contributed by atoms with E-state index in [1.807, 2.05) is 6.92 Å². The van der Waals surface area contributed by atoms with Crippen LogP contribution in [0.25, 0.3) is 0 Å². The Morgan fingerprint density at radius 2 is 2.17 bits per heavy atom. The number of esters is 1. The van der Waals surface area contributed by atoms with Gasteiger partial charge in [-0.2, -0.15) is 0 Å². The van der Waals surface area contributed by atoms with Gasteiger partial charge in [0, 0.05) is 26.3 Å². The number of amides is 1. The monoisotopic (exact) mass is 272 g/mol. The third-order valence-corrected chi connectivity index (χ3v) is 2.88. The average Bonchev–Trinajstić information content (AvgIpc) is 2.68. The number of hydrogen-bond donors (Lipinski definition) is 0. The van der Waals surface area contributed by atoms with Crippen LogP contribution < -0.4 is 0 Å². The van der Waals surface area contributed by atoms with Crippen LogP contribution in [-0.4, -0.2) is 41.5 Å². The van der Waals surface area contributed by atoms with Crippen molar-refractivity contribution < 1.29 is 14.3 Å². The van der Waals surface area contributed by atoms with Crippen LogP contribution in [0.1, 0.15) is 23.8 Å². The third kappa shape index (κ3) is 3.50. The predicted molar refractivity (Wildman–Crippen MR) is 68.6 cm³/mol. The summed E-state index contributed by atoms with van der Waals surface area (Å²) in [6, 6.07) is 1.62. The number of ether oxygens (including phenoxy) is 1. The molecule has 1 amide bonds. The summed E-state index contributed by atoms with van der Waals surface area (Å²) in [5, 5.41) is 0.518. The Kier molecular flexibility index (Phi) is 5.22. The first-order valence-corrected chi connectivity index (χ1v) is 6.05. The van der Waals surface area contributed by atoms with Crippen LogP contribution in [-0.2, 0) is 16.6 Å². The summed E-state index contributed by atoms with van der Waals surface area (Å²) in [5.41, 5.74) is 0.506. The van der Waals surface area contributed by atoms with Gasteiger partial charge in [0.25, 0.3) is 5.91 Å². The van der Waals surface area contributed by atoms with Gasteiger partial charge in [-0.15, -0.1) is 0 Å². The highest BCUT2D eigenvalue weighted by atomic mass is 35.5. The number of carbonyl (C=O) groups excluding carboxylic acids is 2. The number of halogens is 1. The van der Waals surface area contributed by atoms with Crippen molar-refractivity contribution in [2.24, 2.45) is 7.05 Å². The second kappa shape index (κ2) is 6.44. The molecule has 0 radical (unpaired) electrons. The number of nitrogens with zero attached hydrogens (tertiary/aromatic N) is 2. The lowest BCUT2D eigenvalue weighted by Crippen LogP contribution is -2.34. The minimum absolute atomic E-state index is 0.143. The van der Waals surface area contributed by atoms with Crippen LogP contribution in [0.3, 0.4) is 0 Å². The van der Waals surface area contributed by atoms with Crippen molar-refractivity contribution >= 4 is 23.5 Å². The van der Waals surface area contributed by atoms with E-state index in [1.165, 1.54) is 7.11 Å². The Hall–Kier alpha value is -1.49. The second-order valence-electron chi connectivity index (χ2n) is 3.87. The van der Waals surface area contributed by atoms with Gasteiger partial charge in [0.2, 0.25) is 0 Å². The largest absolute Gasteiger partial charge is 0.469 e. The zero-order valence-corrected chi connectivity index (χ0v) is 11.5. The molecule has 1 heterocycles. The topological polar surface area (TPSA) is 51.5 Å². The summed E-state index contributed by atoms with van der Waals surface area (Å²) in [6.45, 7) is 2.73. The SMILES string of the molecule is CCN(CCC(=O)OC)C(=O)c1cc(Cl)cn1C. The Balaban J connectivity index is 2.73. The minimum atomic E-state index is -0.328. The molecule has 18 heavy (non-hydrogen) atoms. The van der Waals surface area contributed by atoms with E-state index in [9.17, 15) is 9.59 Å². The molecular formula is C12H17ClN2O3. The molecule has 0 aliphatic rings. The molecule has 0 aromatic carbocycles. The van der Waals surface area contributed by atoms with Crippen LogP contribution in [0.2, 0.25) is 5.02 Å². The Morgan fingerprint density at radius 3 is 2.61 bits per heavy atom. The van der Waals surface area contributed by atoms with Crippen molar-refractivity contribution in [3.63, 3.8) is 0 Å². The van der Waals surface area contributed by atoms with Crippen molar-refractivity contribution in [2.75, 3.05) is 20.2 Å². The number of methoxy groups -OCH3 is 1. The molecular weight excluding hydrogens is 256 g/mol. The Labute approximate surface area is 111 Å². The molecule has 0 bridgehead atoms. The van der Waals surface area contributed by atoms with Crippen LogP contribution in [0.5, 0.6) is 0 Å². The van der Waals surface area contributed by atoms with Gasteiger partial charge in [-0.05, 0) is 13.0 Å². The summed E-state index contributed by atoms with van der Waals surface area (Å²) in [4.78, 5) is 24.9. The molecule has 0 fully saturated rings. The molecule has 1 rings (SSSR count). The minimum Gasteiger partial charge on any atom is -0.469 e. The number of hydrogen-bond acceptors (Lipinski definition) is 3. The van der Waals surface area contributed by atoms with Gasteiger partial charge in [0.05, 0.1) is 18.6 Å². The van der Waals surface area contributed by atoms with E-state index < -0.39 is 0 Å². The summed E-state index contributed by atoms with van der Waals surface area (Å²) >= 11 is 5.84. The van der Waals surface area contributed by atoms with Crippen molar-refractivity contribution in [2.45, 2.75) is 13.3 Å². The lowest BCUT2D eigenvalue weighted by atomic mass is 10.3. The van der Waals surface area contributed by atoms with Crippen LogP contribution in [0.15, 0.2) is 12.3 Å². The van der Waals surface area contributed by atoms with Crippen LogP contribution in [0, 0.1) is 0 Å². The van der Waals surface area contributed by atoms with Gasteiger partial charge >= 0.3 is 5.97 Å². The first-order valence-electron chi connectivity index (χ1n) is 5.67. The first-order chi connectivity index (χ1) is 8.49. The standard InChI is InChI=1S/C12H17ClN2O3/c1-4-15(6-5-11(16)18-3)12(17)10-7-9(13)8-14(10)2/h7-8H,4-6H2,1-3H3. The van der Waals surface area contributed by atoms with E-state index in [0.717, 1.165) is 0 Å². The van der Waals surface area contributed by atoms with Gasteiger partial charge in [0.1, 0.15) is 5.69 Å². The van der Waals surface area contributed by atoms with Crippen molar-refractivity contribution in [1.29, 1.82) is 0 Å². The quantitative estimate of drug-likeness (QED) is 0.767. The molecule has 0 unspecified atom stereocenters. The summed E-state index contributed by atoms with van der Waals surface area (Å²) in [7, 11) is 3.09. The maximum absolute atomic E-state index is 12.2. The highest BCUT2D eigenvalue weighted by Gasteiger charge is 2.18. The van der Waals surface area contributed by atoms with Gasteiger partial charge in [0.15, 0.2) is 0 Å². The molecule has 0 saturated heterocycles. The van der Waals surface area contributed by atoms with E-state index in [1.54, 1.807) is 28.8 Å². The van der Waals surface area contributed by atoms with Crippen LogP contribution >= 0.6 is 11.6 Å². The molecule has 6 heteroatoms. The number of rotatable bonds is 5. The van der Waals surface area contributed by atoms with Crippen LogP contribution in [0.4, 0.5) is 0 Å². The lowest BCUT2D eigenvalue weighted by Gasteiger charge is -2.20. The van der Waals surface area contributed by atoms with E-state index in [-0.39, 0.29) is 18.3 Å². The molecule has 5 nitrogen and oxygen atoms in total. The second-order valence-corrected chi connectivity index (χ2v) is 4.30. The number of aromatic nitrogens is 1. The fourth-order valence-electron chi connectivity index (χ4n) is 1.63. The predicted octanol–water partition coefficient (Wildman–Crippen LogP) is 1.70. The van der Waals surface area contributed by atoms with Gasteiger partial charge in [-0.3, -0.25) is 9.59 Å². The average molecular weight is 273 g/mol. The van der Waals surface area contributed by atoms with E-state index in [4.69, 9.17) is 11.6 Å². The van der Waals surface area contributed by atoms with E-state index in [0.29, 0.717) is 23.8 Å². The van der Waals surface area contributed by atoms with Crippen molar-refractivity contribution in [3.8, 4) is 0 Å². The van der Waals surface area contributed by atoms with E-state index >= 15 is 0 Å². The Morgan fingerprint density at radius 1 is 1.50 bits per heavy atom. The number of carbonyl (C=O) groups is 2. The molecule has 0 aliphatic carbocycles. The Bertz CT molecular complexity index is 443. The van der Waals surface area contributed by atoms with E-state index in [2.05, 4.69) is 4.74 Å². The molecule has 1 aromatic heterocycles. The normalized spacial score (nSPS) is 10.2. The van der Waals surface area contributed by atoms with Gasteiger partial charge < -0.3 is 14.2 Å². The molecule has 1 aromatic rings. The summed E-state index contributed by atoms with van der Waals surface area (Å²) in [6.07, 6.45) is 1.86. The highest BCUT2D eigenvalue weighted by Crippen LogP contribution is 2.14. The molecule has 0 N–H and O–H groups in total. The maximum atomic E-state index is 12.2. The fraction of sp³-hybridized carbons (Fsp3) is 0.500. The third-order valence-electron chi connectivity index (χ3n) is 2.67. The van der Waals surface area contributed by atoms with Gasteiger partial charge in [-0.25, -0.2) is 0 Å². The summed E-state index contributed by atoms with van der Waals surface area (Å²) in [5.74, 6) is -0.470. The molecule has 0 atom stereocenters. The maximum Gasteiger partial charge on any atom is 0.307 e. The lowest BCUT2D eigenvalue weighted by molar-refractivity contribution is -0.140. The fourth-order valence-corrected chi connectivity index (χ4v) is 1.88. The summed E-state index contributed by atoms with van der Waals surface area (Å²) < 4.78 is 6.23. The molecule has 100 valence electrons. The zero-order valence-electron chi connectivity index (χ0n) is 10.8.